The van der Waals surface area contributed by atoms with E-state index in [-0.39, 0.29) is 28.1 Å². The van der Waals surface area contributed by atoms with Gasteiger partial charge in [0.1, 0.15) is 0 Å². The SMILES string of the molecule is COC(=O)c1cc(Cl)ccc1S(=O)(=O)NCC(N)C1CC1. The standard InChI is InChI=1S/C13H17ClN2O4S/c1-20-13(17)10-6-9(14)4-5-12(10)21(18,19)16-7-11(15)8-2-3-8/h4-6,8,11,16H,2-3,7,15H2,1H3. The lowest BCUT2D eigenvalue weighted by Crippen LogP contribution is -2.38. The maximum Gasteiger partial charge on any atom is 0.339 e. The van der Waals surface area contributed by atoms with E-state index in [0.717, 1.165) is 12.8 Å². The van der Waals surface area contributed by atoms with Crippen molar-refractivity contribution < 1.29 is 17.9 Å². The number of rotatable bonds is 6. The fourth-order valence-corrected chi connectivity index (χ4v) is 3.40. The molecule has 1 aliphatic rings. The first kappa shape index (κ1) is 16.2. The molecule has 0 saturated heterocycles. The lowest BCUT2D eigenvalue weighted by Gasteiger charge is -2.14. The molecule has 3 N–H and O–H groups in total. The molecule has 0 aromatic heterocycles. The first-order valence-corrected chi connectivity index (χ1v) is 8.34. The van der Waals surface area contributed by atoms with Crippen LogP contribution in [0.25, 0.3) is 0 Å². The average Bonchev–Trinajstić information content (AvgIpc) is 3.28. The molecule has 2 rings (SSSR count). The second kappa shape index (κ2) is 6.31. The topological polar surface area (TPSA) is 98.5 Å². The summed E-state index contributed by atoms with van der Waals surface area (Å²) in [6.45, 7) is 0.135. The van der Waals surface area contributed by atoms with E-state index in [4.69, 9.17) is 17.3 Å². The molecule has 1 aromatic carbocycles. The molecule has 1 saturated carbocycles. The summed E-state index contributed by atoms with van der Waals surface area (Å²) in [5.41, 5.74) is 5.77. The first-order chi connectivity index (χ1) is 9.85. The van der Waals surface area contributed by atoms with Crippen LogP contribution in [0.5, 0.6) is 0 Å². The average molecular weight is 333 g/mol. The molecule has 1 atom stereocenters. The second-order valence-corrected chi connectivity index (χ2v) is 7.16. The number of methoxy groups -OCH3 is 1. The Labute approximate surface area is 128 Å². The van der Waals surface area contributed by atoms with Crippen LogP contribution in [0.15, 0.2) is 23.1 Å². The lowest BCUT2D eigenvalue weighted by atomic mass is 10.2. The van der Waals surface area contributed by atoms with Crippen LogP contribution < -0.4 is 10.5 Å². The van der Waals surface area contributed by atoms with Crippen LogP contribution >= 0.6 is 11.6 Å². The summed E-state index contributed by atoms with van der Waals surface area (Å²) in [5, 5.41) is 0.254. The Morgan fingerprint density at radius 2 is 2.19 bits per heavy atom. The highest BCUT2D eigenvalue weighted by atomic mass is 35.5. The van der Waals surface area contributed by atoms with Gasteiger partial charge in [-0.15, -0.1) is 0 Å². The Kier molecular flexibility index (Phi) is 4.88. The monoisotopic (exact) mass is 332 g/mol. The number of halogens is 1. The molecule has 8 heteroatoms. The Morgan fingerprint density at radius 3 is 2.76 bits per heavy atom. The van der Waals surface area contributed by atoms with Gasteiger partial charge in [0.2, 0.25) is 10.0 Å². The maximum atomic E-state index is 12.3. The van der Waals surface area contributed by atoms with Gasteiger partial charge in [0, 0.05) is 17.6 Å². The molecular formula is C13H17ClN2O4S. The van der Waals surface area contributed by atoms with Gasteiger partial charge in [-0.05, 0) is 37.0 Å². The molecule has 21 heavy (non-hydrogen) atoms. The highest BCUT2D eigenvalue weighted by Gasteiger charge is 2.30. The van der Waals surface area contributed by atoms with Crippen molar-refractivity contribution in [2.24, 2.45) is 11.7 Å². The normalized spacial score (nSPS) is 16.5. The van der Waals surface area contributed by atoms with Crippen LogP contribution in [0.2, 0.25) is 5.02 Å². The molecule has 0 heterocycles. The van der Waals surface area contributed by atoms with Crippen molar-refractivity contribution in [2.75, 3.05) is 13.7 Å². The lowest BCUT2D eigenvalue weighted by molar-refractivity contribution is 0.0596. The van der Waals surface area contributed by atoms with Gasteiger partial charge in [-0.3, -0.25) is 0 Å². The van der Waals surface area contributed by atoms with Gasteiger partial charge in [-0.25, -0.2) is 17.9 Å². The third-order valence-corrected chi connectivity index (χ3v) is 5.09. The van der Waals surface area contributed by atoms with Gasteiger partial charge in [-0.2, -0.15) is 0 Å². The van der Waals surface area contributed by atoms with Crippen molar-refractivity contribution in [2.45, 2.75) is 23.8 Å². The van der Waals surface area contributed by atoms with E-state index in [2.05, 4.69) is 9.46 Å². The van der Waals surface area contributed by atoms with E-state index in [1.165, 1.54) is 25.3 Å². The molecule has 0 aliphatic heterocycles. The van der Waals surface area contributed by atoms with Crippen molar-refractivity contribution in [3.8, 4) is 0 Å². The number of carbonyl (C=O) groups is 1. The van der Waals surface area contributed by atoms with Gasteiger partial charge in [0.25, 0.3) is 0 Å². The third-order valence-electron chi connectivity index (χ3n) is 3.37. The molecular weight excluding hydrogens is 316 g/mol. The predicted octanol–water partition coefficient (Wildman–Crippen LogP) is 1.14. The minimum atomic E-state index is -3.85. The molecule has 116 valence electrons. The molecule has 0 amide bonds. The minimum Gasteiger partial charge on any atom is -0.465 e. The number of benzene rings is 1. The highest BCUT2D eigenvalue weighted by molar-refractivity contribution is 7.89. The van der Waals surface area contributed by atoms with E-state index < -0.39 is 16.0 Å². The number of hydrogen-bond donors (Lipinski definition) is 2. The van der Waals surface area contributed by atoms with Gasteiger partial charge in [-0.1, -0.05) is 11.6 Å². The maximum absolute atomic E-state index is 12.3. The van der Waals surface area contributed by atoms with Gasteiger partial charge >= 0.3 is 5.97 Å². The van der Waals surface area contributed by atoms with Crippen LogP contribution in [0, 0.1) is 5.92 Å². The van der Waals surface area contributed by atoms with Crippen molar-refractivity contribution in [3.05, 3.63) is 28.8 Å². The summed E-state index contributed by atoms with van der Waals surface area (Å²) in [7, 11) is -2.68. The van der Waals surface area contributed by atoms with E-state index in [9.17, 15) is 13.2 Å². The van der Waals surface area contributed by atoms with Crippen LogP contribution in [0.1, 0.15) is 23.2 Å². The highest BCUT2D eigenvalue weighted by Crippen LogP contribution is 2.31. The minimum absolute atomic E-state index is 0.0995. The smallest absolute Gasteiger partial charge is 0.339 e. The van der Waals surface area contributed by atoms with Gasteiger partial charge < -0.3 is 10.5 Å². The molecule has 1 fully saturated rings. The Morgan fingerprint density at radius 1 is 1.52 bits per heavy atom. The zero-order chi connectivity index (χ0) is 15.6. The predicted molar refractivity (Wildman–Crippen MR) is 78.7 cm³/mol. The number of nitrogens with one attached hydrogen (secondary N) is 1. The summed E-state index contributed by atoms with van der Waals surface area (Å²) in [5.74, 6) is -0.387. The number of esters is 1. The quantitative estimate of drug-likeness (QED) is 0.761. The molecule has 1 aromatic rings. The second-order valence-electron chi connectivity index (χ2n) is 4.99. The third kappa shape index (κ3) is 3.94. The fourth-order valence-electron chi connectivity index (χ4n) is 1.98. The van der Waals surface area contributed by atoms with Crippen molar-refractivity contribution in [1.29, 1.82) is 0 Å². The summed E-state index contributed by atoms with van der Waals surface area (Å²) in [6, 6.07) is 3.74. The number of hydrogen-bond acceptors (Lipinski definition) is 5. The van der Waals surface area contributed by atoms with E-state index >= 15 is 0 Å². The number of carbonyl (C=O) groups excluding carboxylic acids is 1. The number of sulfonamides is 1. The van der Waals surface area contributed by atoms with E-state index in [1.54, 1.807) is 0 Å². The summed E-state index contributed by atoms with van der Waals surface area (Å²) >= 11 is 5.80. The van der Waals surface area contributed by atoms with Gasteiger partial charge in [0.05, 0.1) is 17.6 Å². The summed E-state index contributed by atoms with van der Waals surface area (Å²) in [4.78, 5) is 11.5. The summed E-state index contributed by atoms with van der Waals surface area (Å²) < 4.78 is 31.6. The largest absolute Gasteiger partial charge is 0.465 e. The fraction of sp³-hybridized carbons (Fsp3) is 0.462. The summed E-state index contributed by atoms with van der Waals surface area (Å²) in [6.07, 6.45) is 2.05. The molecule has 0 bridgehead atoms. The van der Waals surface area contributed by atoms with Gasteiger partial charge in [0.15, 0.2) is 0 Å². The molecule has 1 aliphatic carbocycles. The van der Waals surface area contributed by atoms with Crippen molar-refractivity contribution >= 4 is 27.6 Å². The zero-order valence-electron chi connectivity index (χ0n) is 11.5. The van der Waals surface area contributed by atoms with Crippen LogP contribution in [0.3, 0.4) is 0 Å². The van der Waals surface area contributed by atoms with Crippen LogP contribution in [-0.2, 0) is 14.8 Å². The molecule has 0 radical (unpaired) electrons. The van der Waals surface area contributed by atoms with Crippen molar-refractivity contribution in [1.82, 2.24) is 4.72 Å². The van der Waals surface area contributed by atoms with E-state index in [1.807, 2.05) is 0 Å². The van der Waals surface area contributed by atoms with Crippen LogP contribution in [0.4, 0.5) is 0 Å². The number of ether oxygens (including phenoxy) is 1. The zero-order valence-corrected chi connectivity index (χ0v) is 13.1. The van der Waals surface area contributed by atoms with Crippen LogP contribution in [-0.4, -0.2) is 34.1 Å². The Bertz CT molecular complexity index is 644. The van der Waals surface area contributed by atoms with Crippen molar-refractivity contribution in [3.63, 3.8) is 0 Å². The molecule has 0 spiro atoms. The molecule has 1 unspecified atom stereocenters. The Balaban J connectivity index is 2.24. The molecule has 6 nitrogen and oxygen atoms in total. The Hall–Kier alpha value is -1.15. The first-order valence-electron chi connectivity index (χ1n) is 6.48. The number of nitrogens with two attached hydrogens (primary N) is 1. The van der Waals surface area contributed by atoms with E-state index in [0.29, 0.717) is 5.92 Å².